The van der Waals surface area contributed by atoms with Crippen molar-refractivity contribution in [1.29, 1.82) is 0 Å². The van der Waals surface area contributed by atoms with Crippen molar-refractivity contribution in [2.45, 2.75) is 45.3 Å². The molecule has 2 aromatic rings. The molecule has 130 valence electrons. The van der Waals surface area contributed by atoms with Gasteiger partial charge in [-0.1, -0.05) is 0 Å². The predicted octanol–water partition coefficient (Wildman–Crippen LogP) is 2.99. The highest BCUT2D eigenvalue weighted by Gasteiger charge is 2.24. The molecule has 1 saturated heterocycles. The Balaban J connectivity index is 1.58. The Kier molecular flexibility index (Phi) is 4.67. The van der Waals surface area contributed by atoms with Crippen LogP contribution in [-0.4, -0.2) is 45.4 Å². The fraction of sp³-hybridized carbons (Fsp3) is 0.562. The van der Waals surface area contributed by atoms with Crippen molar-refractivity contribution in [3.63, 3.8) is 0 Å². The third-order valence-corrected chi connectivity index (χ3v) is 4.39. The maximum absolute atomic E-state index is 11.9. The Labute approximate surface area is 149 Å². The van der Waals surface area contributed by atoms with E-state index in [1.54, 1.807) is 10.7 Å². The van der Waals surface area contributed by atoms with Gasteiger partial charge in [-0.15, -0.1) is 5.10 Å². The number of imidazole rings is 1. The summed E-state index contributed by atoms with van der Waals surface area (Å²) in [5.74, 6) is 0.914. The van der Waals surface area contributed by atoms with E-state index in [1.807, 2.05) is 32.9 Å². The quantitative estimate of drug-likeness (QED) is 0.845. The van der Waals surface area contributed by atoms with Gasteiger partial charge in [0.15, 0.2) is 5.65 Å². The second kappa shape index (κ2) is 6.58. The topological polar surface area (TPSA) is 71.8 Å². The van der Waals surface area contributed by atoms with Crippen LogP contribution in [0, 0.1) is 0 Å². The van der Waals surface area contributed by atoms with Crippen molar-refractivity contribution in [2.24, 2.45) is 0 Å². The second-order valence-corrected chi connectivity index (χ2v) is 7.76. The Morgan fingerprint density at radius 1 is 1.33 bits per heavy atom. The molecule has 3 rings (SSSR count). The first-order valence-electron chi connectivity index (χ1n) is 8.06. The van der Waals surface area contributed by atoms with Gasteiger partial charge in [-0.05, 0) is 61.7 Å². The Morgan fingerprint density at radius 3 is 2.71 bits per heavy atom. The highest BCUT2D eigenvalue weighted by molar-refractivity contribution is 9.10. The van der Waals surface area contributed by atoms with Crippen LogP contribution in [-0.2, 0) is 4.74 Å². The molecule has 1 amide bonds. The molecule has 0 unspecified atom stereocenters. The Morgan fingerprint density at radius 2 is 2.04 bits per heavy atom. The normalized spacial score (nSPS) is 16.4. The van der Waals surface area contributed by atoms with Crippen LogP contribution >= 0.6 is 15.9 Å². The molecule has 2 aromatic heterocycles. The fourth-order valence-corrected chi connectivity index (χ4v) is 3.09. The minimum atomic E-state index is -0.470. The molecule has 1 fully saturated rings. The van der Waals surface area contributed by atoms with E-state index >= 15 is 0 Å². The third kappa shape index (κ3) is 3.98. The van der Waals surface area contributed by atoms with E-state index < -0.39 is 5.60 Å². The van der Waals surface area contributed by atoms with Gasteiger partial charge < -0.3 is 15.0 Å². The zero-order chi connectivity index (χ0) is 17.3. The van der Waals surface area contributed by atoms with E-state index in [0.717, 1.165) is 42.0 Å². The number of carbonyl (C=O) groups is 1. The number of hydrogen-bond donors (Lipinski definition) is 1. The number of nitrogens with one attached hydrogen (secondary N) is 1. The number of halogens is 1. The van der Waals surface area contributed by atoms with Crippen molar-refractivity contribution in [2.75, 3.05) is 18.0 Å². The minimum absolute atomic E-state index is 0.139. The first-order chi connectivity index (χ1) is 11.3. The van der Waals surface area contributed by atoms with E-state index in [1.165, 1.54) is 0 Å². The molecule has 0 aromatic carbocycles. The molecule has 7 nitrogen and oxygen atoms in total. The molecule has 24 heavy (non-hydrogen) atoms. The lowest BCUT2D eigenvalue weighted by molar-refractivity contribution is 0.0497. The highest BCUT2D eigenvalue weighted by atomic mass is 79.9. The van der Waals surface area contributed by atoms with Crippen molar-refractivity contribution in [3.05, 3.63) is 22.9 Å². The lowest BCUT2D eigenvalue weighted by atomic mass is 10.1. The average Bonchev–Trinajstić information content (AvgIpc) is 2.87. The summed E-state index contributed by atoms with van der Waals surface area (Å²) in [6.45, 7) is 7.28. The van der Waals surface area contributed by atoms with E-state index in [0.29, 0.717) is 0 Å². The summed E-state index contributed by atoms with van der Waals surface area (Å²) < 4.78 is 7.93. The second-order valence-electron chi connectivity index (χ2n) is 6.95. The molecular weight excluding hydrogens is 374 g/mol. The number of nitrogens with zero attached hydrogens (tertiary/aromatic N) is 4. The van der Waals surface area contributed by atoms with Crippen LogP contribution in [0.1, 0.15) is 33.6 Å². The van der Waals surface area contributed by atoms with Gasteiger partial charge in [0.1, 0.15) is 16.0 Å². The number of alkyl carbamates (subject to hydrolysis) is 1. The molecule has 1 N–H and O–H groups in total. The maximum atomic E-state index is 11.9. The van der Waals surface area contributed by atoms with Gasteiger partial charge in [0.25, 0.3) is 0 Å². The SMILES string of the molecule is CC(C)(C)OC(=O)NC1CCN(c2ccc3ncc(Br)n3n2)CC1. The molecule has 0 spiro atoms. The monoisotopic (exact) mass is 395 g/mol. The summed E-state index contributed by atoms with van der Waals surface area (Å²) in [6, 6.07) is 4.08. The van der Waals surface area contributed by atoms with E-state index in [4.69, 9.17) is 4.74 Å². The third-order valence-electron chi connectivity index (χ3n) is 3.85. The number of amides is 1. The van der Waals surface area contributed by atoms with Gasteiger partial charge in [-0.3, -0.25) is 0 Å². The van der Waals surface area contributed by atoms with Gasteiger partial charge in [0.05, 0.1) is 6.20 Å². The summed E-state index contributed by atoms with van der Waals surface area (Å²) in [5, 5.41) is 7.57. The van der Waals surface area contributed by atoms with Crippen LogP contribution in [0.4, 0.5) is 10.6 Å². The number of aromatic nitrogens is 3. The molecule has 0 radical (unpaired) electrons. The van der Waals surface area contributed by atoms with Crippen LogP contribution in [0.5, 0.6) is 0 Å². The molecule has 0 saturated carbocycles. The first kappa shape index (κ1) is 17.0. The van der Waals surface area contributed by atoms with E-state index in [-0.39, 0.29) is 12.1 Å². The first-order valence-corrected chi connectivity index (χ1v) is 8.86. The van der Waals surface area contributed by atoms with Gasteiger partial charge >= 0.3 is 6.09 Å². The molecule has 1 aliphatic rings. The van der Waals surface area contributed by atoms with Crippen molar-refractivity contribution in [3.8, 4) is 0 Å². The molecule has 0 bridgehead atoms. The van der Waals surface area contributed by atoms with Gasteiger partial charge in [-0.25, -0.2) is 14.3 Å². The fourth-order valence-electron chi connectivity index (χ4n) is 2.73. The summed E-state index contributed by atoms with van der Waals surface area (Å²) in [7, 11) is 0. The summed E-state index contributed by atoms with van der Waals surface area (Å²) in [4.78, 5) is 18.3. The van der Waals surface area contributed by atoms with Gasteiger partial charge in [0.2, 0.25) is 0 Å². The lowest BCUT2D eigenvalue weighted by Crippen LogP contribution is -2.46. The molecular formula is C16H22BrN5O2. The standard InChI is InChI=1S/C16H22BrN5O2/c1-16(2,3)24-15(23)19-11-6-8-21(9-7-11)14-5-4-13-18-10-12(17)22(13)20-14/h4-5,10-11H,6-9H2,1-3H3,(H,19,23). The highest BCUT2D eigenvalue weighted by Crippen LogP contribution is 2.20. The number of rotatable bonds is 2. The van der Waals surface area contributed by atoms with Gasteiger partial charge in [0, 0.05) is 19.1 Å². The zero-order valence-electron chi connectivity index (χ0n) is 14.1. The van der Waals surface area contributed by atoms with Crippen LogP contribution in [0.25, 0.3) is 5.65 Å². The predicted molar refractivity (Wildman–Crippen MR) is 95.3 cm³/mol. The van der Waals surface area contributed by atoms with Crippen LogP contribution in [0.15, 0.2) is 22.9 Å². The largest absolute Gasteiger partial charge is 0.444 e. The summed E-state index contributed by atoms with van der Waals surface area (Å²) in [5.41, 5.74) is 0.342. The number of carbonyl (C=O) groups excluding carboxylic acids is 1. The number of piperidine rings is 1. The number of fused-ring (bicyclic) bond motifs is 1. The summed E-state index contributed by atoms with van der Waals surface area (Å²) in [6.07, 6.45) is 3.12. The van der Waals surface area contributed by atoms with Crippen molar-refractivity contribution in [1.82, 2.24) is 19.9 Å². The molecule has 0 aliphatic carbocycles. The van der Waals surface area contributed by atoms with E-state index in [2.05, 4.69) is 36.2 Å². The lowest BCUT2D eigenvalue weighted by Gasteiger charge is -2.33. The smallest absolute Gasteiger partial charge is 0.407 e. The maximum Gasteiger partial charge on any atom is 0.407 e. The number of anilines is 1. The van der Waals surface area contributed by atoms with Crippen molar-refractivity contribution >= 4 is 33.5 Å². The molecule has 8 heteroatoms. The molecule has 3 heterocycles. The van der Waals surface area contributed by atoms with Crippen LogP contribution in [0.2, 0.25) is 0 Å². The Bertz CT molecular complexity index is 732. The number of hydrogen-bond acceptors (Lipinski definition) is 5. The molecule has 1 aliphatic heterocycles. The minimum Gasteiger partial charge on any atom is -0.444 e. The average molecular weight is 396 g/mol. The van der Waals surface area contributed by atoms with Crippen LogP contribution < -0.4 is 10.2 Å². The Hall–Kier alpha value is -1.83. The number of ether oxygens (including phenoxy) is 1. The van der Waals surface area contributed by atoms with Crippen LogP contribution in [0.3, 0.4) is 0 Å². The summed E-state index contributed by atoms with van der Waals surface area (Å²) >= 11 is 3.44. The zero-order valence-corrected chi connectivity index (χ0v) is 15.7. The molecule has 0 atom stereocenters. The van der Waals surface area contributed by atoms with Gasteiger partial charge in [-0.2, -0.15) is 0 Å². The van der Waals surface area contributed by atoms with E-state index in [9.17, 15) is 4.79 Å². The van der Waals surface area contributed by atoms with Crippen molar-refractivity contribution < 1.29 is 9.53 Å².